The highest BCUT2D eigenvalue weighted by Gasteiger charge is 2.06. The van der Waals surface area contributed by atoms with E-state index in [1.807, 2.05) is 38.3 Å². The minimum absolute atomic E-state index is 0.0391. The molecule has 0 saturated heterocycles. The molecule has 0 atom stereocenters. The van der Waals surface area contributed by atoms with E-state index in [0.717, 1.165) is 16.8 Å². The Labute approximate surface area is 118 Å². The van der Waals surface area contributed by atoms with Crippen molar-refractivity contribution >= 4 is 28.5 Å². The lowest BCUT2D eigenvalue weighted by Gasteiger charge is -2.11. The van der Waals surface area contributed by atoms with Gasteiger partial charge in [0.1, 0.15) is 0 Å². The van der Waals surface area contributed by atoms with Crippen molar-refractivity contribution in [2.75, 3.05) is 18.1 Å². The maximum atomic E-state index is 11.8. The number of hydrogen-bond donors (Lipinski definition) is 3. The van der Waals surface area contributed by atoms with Gasteiger partial charge in [0.25, 0.3) is 0 Å². The van der Waals surface area contributed by atoms with Gasteiger partial charge in [0.05, 0.1) is 0 Å². The molecular weight excluding hydrogens is 260 g/mol. The van der Waals surface area contributed by atoms with Crippen molar-refractivity contribution in [2.45, 2.75) is 20.3 Å². The highest BCUT2D eigenvalue weighted by atomic mass is 32.2. The van der Waals surface area contributed by atoms with Gasteiger partial charge in [-0.2, -0.15) is 5.10 Å². The molecule has 6 heteroatoms. The molecule has 4 N–H and O–H groups in total. The SMILES string of the molecule is CS/C(N)=N/NCCC(=O)Nc1c(C)cccc1C. The average Bonchev–Trinajstić information content (AvgIpc) is 2.39. The van der Waals surface area contributed by atoms with Crippen LogP contribution < -0.4 is 16.5 Å². The summed E-state index contributed by atoms with van der Waals surface area (Å²) in [6.45, 7) is 4.41. The zero-order chi connectivity index (χ0) is 14.3. The number of amides is 1. The number of nitrogens with two attached hydrogens (primary N) is 1. The van der Waals surface area contributed by atoms with Gasteiger partial charge in [0.2, 0.25) is 5.91 Å². The van der Waals surface area contributed by atoms with Crippen LogP contribution >= 0.6 is 11.8 Å². The Morgan fingerprint density at radius 1 is 1.37 bits per heavy atom. The molecule has 0 aliphatic carbocycles. The molecule has 0 aliphatic heterocycles. The first-order valence-electron chi connectivity index (χ1n) is 6.00. The third-order valence-electron chi connectivity index (χ3n) is 2.61. The summed E-state index contributed by atoms with van der Waals surface area (Å²) in [5, 5.41) is 7.25. The number of amidine groups is 1. The molecule has 5 nitrogen and oxygen atoms in total. The molecule has 1 amide bonds. The summed E-state index contributed by atoms with van der Waals surface area (Å²) in [6, 6.07) is 5.93. The Hall–Kier alpha value is -1.69. The number of thioether (sulfide) groups is 1. The summed E-state index contributed by atoms with van der Waals surface area (Å²) in [6.07, 6.45) is 2.19. The van der Waals surface area contributed by atoms with Crippen LogP contribution in [0.4, 0.5) is 5.69 Å². The van der Waals surface area contributed by atoms with Crippen molar-refractivity contribution in [3.05, 3.63) is 29.3 Å². The Morgan fingerprint density at radius 3 is 2.58 bits per heavy atom. The van der Waals surface area contributed by atoms with Gasteiger partial charge < -0.3 is 16.5 Å². The zero-order valence-corrected chi connectivity index (χ0v) is 12.3. The molecule has 0 radical (unpaired) electrons. The van der Waals surface area contributed by atoms with E-state index in [0.29, 0.717) is 18.1 Å². The largest absolute Gasteiger partial charge is 0.377 e. The first-order chi connectivity index (χ1) is 9.04. The Bertz CT molecular complexity index is 453. The molecule has 1 rings (SSSR count). The lowest BCUT2D eigenvalue weighted by molar-refractivity contribution is -0.116. The molecule has 0 spiro atoms. The predicted molar refractivity (Wildman–Crippen MR) is 82.3 cm³/mol. The van der Waals surface area contributed by atoms with Gasteiger partial charge in [-0.15, -0.1) is 0 Å². The van der Waals surface area contributed by atoms with Crippen molar-refractivity contribution in [1.29, 1.82) is 0 Å². The number of rotatable bonds is 5. The van der Waals surface area contributed by atoms with Crippen LogP contribution in [0.15, 0.2) is 23.3 Å². The normalized spacial score (nSPS) is 11.2. The third kappa shape index (κ3) is 5.21. The number of anilines is 1. The van der Waals surface area contributed by atoms with E-state index < -0.39 is 0 Å². The quantitative estimate of drug-likeness (QED) is 0.333. The maximum absolute atomic E-state index is 11.8. The first-order valence-corrected chi connectivity index (χ1v) is 7.23. The number of nitrogens with one attached hydrogen (secondary N) is 2. The van der Waals surface area contributed by atoms with E-state index in [9.17, 15) is 4.79 Å². The first kappa shape index (κ1) is 15.4. The number of nitrogens with zero attached hydrogens (tertiary/aromatic N) is 1. The molecule has 0 aromatic heterocycles. The molecule has 0 unspecified atom stereocenters. The summed E-state index contributed by atoms with van der Waals surface area (Å²) < 4.78 is 0. The highest BCUT2D eigenvalue weighted by molar-refractivity contribution is 8.13. The molecule has 0 saturated carbocycles. The third-order valence-corrected chi connectivity index (χ3v) is 3.12. The lowest BCUT2D eigenvalue weighted by atomic mass is 10.1. The summed E-state index contributed by atoms with van der Waals surface area (Å²) >= 11 is 1.35. The van der Waals surface area contributed by atoms with Crippen molar-refractivity contribution in [2.24, 2.45) is 10.8 Å². The summed E-state index contributed by atoms with van der Waals surface area (Å²) in [5.74, 6) is -0.0391. The number of carbonyl (C=O) groups excluding carboxylic acids is 1. The molecular formula is C13H20N4OS. The minimum Gasteiger partial charge on any atom is -0.377 e. The van der Waals surface area contributed by atoms with Crippen LogP contribution in [0.5, 0.6) is 0 Å². The molecule has 1 aromatic carbocycles. The van der Waals surface area contributed by atoms with Gasteiger partial charge in [-0.25, -0.2) is 0 Å². The van der Waals surface area contributed by atoms with E-state index in [4.69, 9.17) is 5.73 Å². The predicted octanol–water partition coefficient (Wildman–Crippen LogP) is 1.81. The van der Waals surface area contributed by atoms with Gasteiger partial charge in [-0.1, -0.05) is 30.0 Å². The van der Waals surface area contributed by atoms with Gasteiger partial charge in [0.15, 0.2) is 5.17 Å². The van der Waals surface area contributed by atoms with Gasteiger partial charge in [-0.05, 0) is 31.2 Å². The van der Waals surface area contributed by atoms with Crippen molar-refractivity contribution in [3.8, 4) is 0 Å². The molecule has 104 valence electrons. The summed E-state index contributed by atoms with van der Waals surface area (Å²) in [7, 11) is 0. The van der Waals surface area contributed by atoms with Crippen LogP contribution in [0, 0.1) is 13.8 Å². The van der Waals surface area contributed by atoms with Crippen molar-refractivity contribution < 1.29 is 4.79 Å². The second-order valence-electron chi connectivity index (χ2n) is 4.13. The molecule has 0 heterocycles. The maximum Gasteiger partial charge on any atom is 0.226 e. The molecule has 0 fully saturated rings. The summed E-state index contributed by atoms with van der Waals surface area (Å²) in [4.78, 5) is 11.8. The average molecular weight is 280 g/mol. The standard InChI is InChI=1S/C13H20N4OS/c1-9-5-4-6-10(2)12(9)16-11(18)7-8-15-17-13(14)19-3/h4-6,15H,7-8H2,1-3H3,(H2,14,17)(H,16,18). The Balaban J connectivity index is 2.44. The number of hydrazone groups is 1. The molecule has 0 aliphatic rings. The van der Waals surface area contributed by atoms with Crippen molar-refractivity contribution in [1.82, 2.24) is 5.43 Å². The highest BCUT2D eigenvalue weighted by Crippen LogP contribution is 2.19. The second-order valence-corrected chi connectivity index (χ2v) is 4.95. The Kier molecular flexibility index (Phi) is 6.21. The monoisotopic (exact) mass is 280 g/mol. The van der Waals surface area contributed by atoms with Crippen molar-refractivity contribution in [3.63, 3.8) is 0 Å². The van der Waals surface area contributed by atoms with Crippen LogP contribution in [0.2, 0.25) is 0 Å². The fourth-order valence-corrected chi connectivity index (χ4v) is 1.72. The minimum atomic E-state index is -0.0391. The van der Waals surface area contributed by atoms with Gasteiger partial charge in [-0.3, -0.25) is 4.79 Å². The van der Waals surface area contributed by atoms with Crippen LogP contribution in [0.3, 0.4) is 0 Å². The second kappa shape index (κ2) is 7.68. The molecule has 19 heavy (non-hydrogen) atoms. The topological polar surface area (TPSA) is 79.5 Å². The van der Waals surface area contributed by atoms with E-state index >= 15 is 0 Å². The number of aryl methyl sites for hydroxylation is 2. The fourth-order valence-electron chi connectivity index (χ4n) is 1.56. The number of benzene rings is 1. The van der Waals surface area contributed by atoms with Gasteiger partial charge in [0, 0.05) is 18.7 Å². The smallest absolute Gasteiger partial charge is 0.226 e. The van der Waals surface area contributed by atoms with Crippen LogP contribution in [0.1, 0.15) is 17.5 Å². The fraction of sp³-hybridized carbons (Fsp3) is 0.385. The summed E-state index contributed by atoms with van der Waals surface area (Å²) in [5.41, 5.74) is 11.3. The molecule has 1 aromatic rings. The zero-order valence-electron chi connectivity index (χ0n) is 11.5. The van der Waals surface area contributed by atoms with Crippen LogP contribution in [-0.2, 0) is 4.79 Å². The van der Waals surface area contributed by atoms with Crippen LogP contribution in [-0.4, -0.2) is 23.9 Å². The van der Waals surface area contributed by atoms with E-state index in [-0.39, 0.29) is 5.91 Å². The number of para-hydroxylation sites is 1. The number of carbonyl (C=O) groups is 1. The van der Waals surface area contributed by atoms with E-state index in [1.54, 1.807) is 0 Å². The van der Waals surface area contributed by atoms with Crippen LogP contribution in [0.25, 0.3) is 0 Å². The van der Waals surface area contributed by atoms with Gasteiger partial charge >= 0.3 is 0 Å². The lowest BCUT2D eigenvalue weighted by Crippen LogP contribution is -2.21. The van der Waals surface area contributed by atoms with E-state index in [1.165, 1.54) is 11.8 Å². The Morgan fingerprint density at radius 2 is 2.00 bits per heavy atom. The van der Waals surface area contributed by atoms with E-state index in [2.05, 4.69) is 15.8 Å². The number of hydrogen-bond acceptors (Lipinski definition) is 4. The molecule has 0 bridgehead atoms.